The van der Waals surface area contributed by atoms with Crippen LogP contribution in [0.25, 0.3) is 11.0 Å². The summed E-state index contributed by atoms with van der Waals surface area (Å²) in [7, 11) is 1.99. The van der Waals surface area contributed by atoms with Gasteiger partial charge in [0.2, 0.25) is 0 Å². The van der Waals surface area contributed by atoms with E-state index in [-0.39, 0.29) is 0 Å². The molecular weight excluding hydrogens is 287 g/mol. The molecule has 1 aromatic heterocycles. The van der Waals surface area contributed by atoms with Crippen LogP contribution in [0.5, 0.6) is 0 Å². The van der Waals surface area contributed by atoms with Crippen molar-refractivity contribution in [2.75, 3.05) is 20.1 Å². The van der Waals surface area contributed by atoms with Gasteiger partial charge >= 0.3 is 6.18 Å². The molecule has 2 aromatic rings. The maximum absolute atomic E-state index is 12.7. The Labute approximate surface area is 120 Å². The highest BCUT2D eigenvalue weighted by molar-refractivity contribution is 7.71. The van der Waals surface area contributed by atoms with Gasteiger partial charge in [-0.2, -0.15) is 13.2 Å². The van der Waals surface area contributed by atoms with Crippen LogP contribution in [-0.4, -0.2) is 34.6 Å². The summed E-state index contributed by atoms with van der Waals surface area (Å²) >= 11 is 5.19. The number of hydrogen-bond donors (Lipinski definition) is 1. The summed E-state index contributed by atoms with van der Waals surface area (Å²) in [6, 6.07) is 3.66. The maximum Gasteiger partial charge on any atom is 0.416 e. The number of halogens is 3. The van der Waals surface area contributed by atoms with Crippen molar-refractivity contribution < 1.29 is 13.2 Å². The van der Waals surface area contributed by atoms with E-state index >= 15 is 0 Å². The van der Waals surface area contributed by atoms with E-state index in [2.05, 4.69) is 9.88 Å². The highest BCUT2D eigenvalue weighted by Gasteiger charge is 2.30. The first kappa shape index (κ1) is 15.1. The summed E-state index contributed by atoms with van der Waals surface area (Å²) in [5.41, 5.74) is 0.454. The standard InChI is InChI=1S/C13H16F3N3S/c1-3-18(2)6-7-19-11-5-4-9(13(14,15)16)8-10(11)17-12(19)20/h4-5,8H,3,6-7H2,1-2H3,(H,17,20). The molecule has 0 fully saturated rings. The van der Waals surface area contributed by atoms with Gasteiger partial charge in [-0.1, -0.05) is 6.92 Å². The molecule has 3 nitrogen and oxygen atoms in total. The molecule has 0 saturated heterocycles. The fraction of sp³-hybridized carbons (Fsp3) is 0.462. The van der Waals surface area contributed by atoms with Crippen LogP contribution in [0.15, 0.2) is 18.2 Å². The fourth-order valence-corrected chi connectivity index (χ4v) is 2.29. The normalized spacial score (nSPS) is 12.5. The predicted octanol–water partition coefficient (Wildman–Crippen LogP) is 3.67. The lowest BCUT2D eigenvalue weighted by Crippen LogP contribution is -2.22. The number of hydrogen-bond acceptors (Lipinski definition) is 2. The van der Waals surface area contributed by atoms with Gasteiger partial charge in [-0.15, -0.1) is 0 Å². The Kier molecular flexibility index (Phi) is 4.19. The van der Waals surface area contributed by atoms with E-state index in [1.165, 1.54) is 6.07 Å². The second-order valence-corrected chi connectivity index (χ2v) is 5.09. The van der Waals surface area contributed by atoms with Gasteiger partial charge in [0, 0.05) is 13.1 Å². The van der Waals surface area contributed by atoms with Crippen molar-refractivity contribution in [3.05, 3.63) is 28.5 Å². The second kappa shape index (κ2) is 5.57. The molecule has 1 heterocycles. The van der Waals surface area contributed by atoms with Crippen LogP contribution >= 0.6 is 12.2 Å². The number of imidazole rings is 1. The predicted molar refractivity (Wildman–Crippen MR) is 75.3 cm³/mol. The van der Waals surface area contributed by atoms with E-state index in [1.54, 1.807) is 0 Å². The van der Waals surface area contributed by atoms with Crippen LogP contribution in [0.3, 0.4) is 0 Å². The monoisotopic (exact) mass is 303 g/mol. The highest BCUT2D eigenvalue weighted by Crippen LogP contribution is 2.31. The lowest BCUT2D eigenvalue weighted by Gasteiger charge is -2.14. The van der Waals surface area contributed by atoms with Gasteiger partial charge in [0.15, 0.2) is 4.77 Å². The molecule has 0 saturated carbocycles. The van der Waals surface area contributed by atoms with Crippen LogP contribution in [0.2, 0.25) is 0 Å². The SMILES string of the molecule is CCN(C)CCn1c(=S)[nH]c2cc(C(F)(F)F)ccc21. The van der Waals surface area contributed by atoms with Crippen molar-refractivity contribution >= 4 is 23.3 Å². The van der Waals surface area contributed by atoms with Gasteiger partial charge in [0.1, 0.15) is 0 Å². The molecule has 0 aliphatic carbocycles. The Morgan fingerprint density at radius 2 is 2.05 bits per heavy atom. The average molecular weight is 303 g/mol. The Morgan fingerprint density at radius 3 is 2.65 bits per heavy atom. The summed E-state index contributed by atoms with van der Waals surface area (Å²) in [4.78, 5) is 4.96. The third-order valence-corrected chi connectivity index (χ3v) is 3.67. The van der Waals surface area contributed by atoms with Gasteiger partial charge in [0.25, 0.3) is 0 Å². The van der Waals surface area contributed by atoms with Crippen molar-refractivity contribution in [1.29, 1.82) is 0 Å². The summed E-state index contributed by atoms with van der Waals surface area (Å²) in [6.07, 6.45) is -4.34. The van der Waals surface area contributed by atoms with Crippen molar-refractivity contribution in [2.24, 2.45) is 0 Å². The average Bonchev–Trinajstić information content (AvgIpc) is 2.69. The van der Waals surface area contributed by atoms with Crippen LogP contribution in [-0.2, 0) is 12.7 Å². The Bertz CT molecular complexity index is 657. The molecule has 110 valence electrons. The Morgan fingerprint density at radius 1 is 1.35 bits per heavy atom. The molecule has 0 bridgehead atoms. The van der Waals surface area contributed by atoms with E-state index in [0.29, 0.717) is 22.3 Å². The summed E-state index contributed by atoms with van der Waals surface area (Å²) < 4.78 is 40.3. The zero-order chi connectivity index (χ0) is 14.9. The molecular formula is C13H16F3N3S. The molecule has 0 unspecified atom stereocenters. The van der Waals surface area contributed by atoms with Crippen LogP contribution in [0.1, 0.15) is 12.5 Å². The number of alkyl halides is 3. The van der Waals surface area contributed by atoms with Gasteiger partial charge < -0.3 is 14.5 Å². The molecule has 0 aliphatic heterocycles. The van der Waals surface area contributed by atoms with E-state index in [9.17, 15) is 13.2 Å². The van der Waals surface area contributed by atoms with Crippen LogP contribution in [0, 0.1) is 4.77 Å². The third kappa shape index (κ3) is 3.04. The first-order chi connectivity index (χ1) is 9.32. The highest BCUT2D eigenvalue weighted by atomic mass is 32.1. The van der Waals surface area contributed by atoms with E-state index in [0.717, 1.165) is 25.2 Å². The molecule has 20 heavy (non-hydrogen) atoms. The number of fused-ring (bicyclic) bond motifs is 1. The van der Waals surface area contributed by atoms with Gasteiger partial charge in [-0.05, 0) is 44.0 Å². The van der Waals surface area contributed by atoms with Gasteiger partial charge in [0.05, 0.1) is 16.6 Å². The summed E-state index contributed by atoms with van der Waals surface area (Å²) in [5.74, 6) is 0. The topological polar surface area (TPSA) is 24.0 Å². The molecule has 0 amide bonds. The molecule has 1 aromatic carbocycles. The number of benzene rings is 1. The van der Waals surface area contributed by atoms with E-state index in [4.69, 9.17) is 12.2 Å². The molecule has 0 radical (unpaired) electrons. The van der Waals surface area contributed by atoms with E-state index < -0.39 is 11.7 Å². The van der Waals surface area contributed by atoms with Gasteiger partial charge in [-0.25, -0.2) is 0 Å². The largest absolute Gasteiger partial charge is 0.416 e. The molecule has 0 aliphatic rings. The fourth-order valence-electron chi connectivity index (χ4n) is 1.99. The zero-order valence-electron chi connectivity index (χ0n) is 11.3. The summed E-state index contributed by atoms with van der Waals surface area (Å²) in [5, 5.41) is 0. The quantitative estimate of drug-likeness (QED) is 0.871. The smallest absolute Gasteiger partial charge is 0.331 e. The third-order valence-electron chi connectivity index (χ3n) is 3.35. The first-order valence-electron chi connectivity index (χ1n) is 6.31. The zero-order valence-corrected chi connectivity index (χ0v) is 12.1. The van der Waals surface area contributed by atoms with Crippen LogP contribution < -0.4 is 0 Å². The van der Waals surface area contributed by atoms with Crippen molar-refractivity contribution in [3.63, 3.8) is 0 Å². The molecule has 7 heteroatoms. The lowest BCUT2D eigenvalue weighted by molar-refractivity contribution is -0.137. The minimum atomic E-state index is -4.34. The molecule has 0 spiro atoms. The van der Waals surface area contributed by atoms with Crippen molar-refractivity contribution in [2.45, 2.75) is 19.6 Å². The second-order valence-electron chi connectivity index (χ2n) is 4.71. The minimum absolute atomic E-state index is 0.420. The summed E-state index contributed by atoms with van der Waals surface area (Å²) in [6.45, 7) is 4.39. The number of H-pyrrole nitrogens is 1. The lowest BCUT2D eigenvalue weighted by atomic mass is 10.2. The number of nitrogens with zero attached hydrogens (tertiary/aromatic N) is 2. The van der Waals surface area contributed by atoms with E-state index in [1.807, 2.05) is 18.5 Å². The number of aromatic nitrogens is 2. The van der Waals surface area contributed by atoms with Gasteiger partial charge in [-0.3, -0.25) is 0 Å². The first-order valence-corrected chi connectivity index (χ1v) is 6.72. The molecule has 2 rings (SSSR count). The van der Waals surface area contributed by atoms with Crippen LogP contribution in [0.4, 0.5) is 13.2 Å². The number of rotatable bonds is 4. The van der Waals surface area contributed by atoms with Crippen molar-refractivity contribution in [3.8, 4) is 0 Å². The number of likely N-dealkylation sites (N-methyl/N-ethyl adjacent to an activating group) is 1. The number of nitrogens with one attached hydrogen (secondary N) is 1. The maximum atomic E-state index is 12.7. The van der Waals surface area contributed by atoms with Crippen molar-refractivity contribution in [1.82, 2.24) is 14.5 Å². The number of aromatic amines is 1. The molecule has 0 atom stereocenters. The minimum Gasteiger partial charge on any atom is -0.331 e. The molecule has 1 N–H and O–H groups in total. The Hall–Kier alpha value is -1.34. The Balaban J connectivity index is 2.38.